The Hall–Kier alpha value is -0.610. The molecule has 1 unspecified atom stereocenters. The smallest absolute Gasteiger partial charge is 0.306 e. The molecule has 1 fully saturated rings. The second-order valence-corrected chi connectivity index (χ2v) is 4.54. The van der Waals surface area contributed by atoms with Gasteiger partial charge in [-0.05, 0) is 32.9 Å². The normalized spacial score (nSPS) is 19.4. The van der Waals surface area contributed by atoms with E-state index in [-0.39, 0.29) is 5.97 Å². The lowest BCUT2D eigenvalue weighted by molar-refractivity contribution is -0.140. The maximum Gasteiger partial charge on any atom is 0.306 e. The number of carbonyl (C=O) groups is 1. The van der Waals surface area contributed by atoms with E-state index < -0.39 is 0 Å². The van der Waals surface area contributed by atoms with Crippen LogP contribution >= 0.6 is 0 Å². The summed E-state index contributed by atoms with van der Waals surface area (Å²) in [5.41, 5.74) is 0. The third-order valence-corrected chi connectivity index (χ3v) is 3.03. The van der Waals surface area contributed by atoms with Crippen LogP contribution in [0, 0.1) is 0 Å². The van der Waals surface area contributed by atoms with Crippen molar-refractivity contribution in [2.45, 2.75) is 38.6 Å². The van der Waals surface area contributed by atoms with Crippen molar-refractivity contribution >= 4 is 5.97 Å². The Labute approximate surface area is 98.3 Å². The van der Waals surface area contributed by atoms with E-state index in [9.17, 15) is 4.79 Å². The van der Waals surface area contributed by atoms with Crippen LogP contribution in [-0.2, 0) is 9.53 Å². The Bertz CT molecular complexity index is 203. The van der Waals surface area contributed by atoms with Crippen LogP contribution in [0.5, 0.6) is 0 Å². The lowest BCUT2D eigenvalue weighted by Gasteiger charge is -2.29. The molecule has 0 bridgehead atoms. The van der Waals surface area contributed by atoms with Crippen LogP contribution in [0.2, 0.25) is 0 Å². The van der Waals surface area contributed by atoms with Crippen molar-refractivity contribution in [3.63, 3.8) is 0 Å². The van der Waals surface area contributed by atoms with Crippen LogP contribution in [0.15, 0.2) is 0 Å². The highest BCUT2D eigenvalue weighted by molar-refractivity contribution is 5.69. The molecule has 0 saturated carbocycles. The summed E-state index contributed by atoms with van der Waals surface area (Å²) in [5.74, 6) is -0.141. The van der Waals surface area contributed by atoms with Crippen molar-refractivity contribution in [2.75, 3.05) is 33.3 Å². The molecular formula is C12H24N2O2. The largest absolute Gasteiger partial charge is 0.469 e. The van der Waals surface area contributed by atoms with Gasteiger partial charge in [-0.3, -0.25) is 4.79 Å². The van der Waals surface area contributed by atoms with Crippen LogP contribution < -0.4 is 5.32 Å². The standard InChI is InChI=1S/C12H24N2O2/c1-11(13-7-6-12(15)16-2)10-14-8-4-3-5-9-14/h11,13H,3-10H2,1-2H3. The molecule has 1 rings (SSSR count). The molecule has 0 amide bonds. The minimum absolute atomic E-state index is 0.141. The second-order valence-electron chi connectivity index (χ2n) is 4.54. The number of hydrogen-bond acceptors (Lipinski definition) is 4. The minimum atomic E-state index is -0.141. The first-order valence-corrected chi connectivity index (χ1v) is 6.25. The van der Waals surface area contributed by atoms with Crippen LogP contribution in [-0.4, -0.2) is 50.2 Å². The number of piperidine rings is 1. The average molecular weight is 228 g/mol. The SMILES string of the molecule is COC(=O)CCNC(C)CN1CCCCC1. The molecule has 94 valence electrons. The van der Waals surface area contributed by atoms with Crippen molar-refractivity contribution in [3.8, 4) is 0 Å². The quantitative estimate of drug-likeness (QED) is 0.689. The Kier molecular flexibility index (Phi) is 6.42. The zero-order chi connectivity index (χ0) is 11.8. The molecule has 0 spiro atoms. The second kappa shape index (κ2) is 7.63. The molecule has 0 radical (unpaired) electrons. The molecule has 1 saturated heterocycles. The van der Waals surface area contributed by atoms with E-state index in [1.54, 1.807) is 0 Å². The van der Waals surface area contributed by atoms with Gasteiger partial charge in [-0.2, -0.15) is 0 Å². The number of methoxy groups -OCH3 is 1. The van der Waals surface area contributed by atoms with Crippen molar-refractivity contribution in [3.05, 3.63) is 0 Å². The van der Waals surface area contributed by atoms with Gasteiger partial charge in [0.1, 0.15) is 0 Å². The van der Waals surface area contributed by atoms with E-state index in [2.05, 4.69) is 21.9 Å². The number of likely N-dealkylation sites (tertiary alicyclic amines) is 1. The predicted molar refractivity (Wildman–Crippen MR) is 64.4 cm³/mol. The topological polar surface area (TPSA) is 41.6 Å². The number of nitrogens with one attached hydrogen (secondary N) is 1. The molecule has 1 aliphatic rings. The van der Waals surface area contributed by atoms with Gasteiger partial charge in [0, 0.05) is 19.1 Å². The van der Waals surface area contributed by atoms with Gasteiger partial charge in [-0.15, -0.1) is 0 Å². The zero-order valence-electron chi connectivity index (χ0n) is 10.5. The summed E-state index contributed by atoms with van der Waals surface area (Å²) in [6.07, 6.45) is 4.49. The van der Waals surface area contributed by atoms with Crippen molar-refractivity contribution in [2.24, 2.45) is 0 Å². The number of hydrogen-bond donors (Lipinski definition) is 1. The van der Waals surface area contributed by atoms with Gasteiger partial charge in [-0.1, -0.05) is 6.42 Å². The Balaban J connectivity index is 2.05. The van der Waals surface area contributed by atoms with E-state index in [0.29, 0.717) is 19.0 Å². The number of nitrogens with zero attached hydrogens (tertiary/aromatic N) is 1. The van der Waals surface area contributed by atoms with Gasteiger partial charge in [0.25, 0.3) is 0 Å². The highest BCUT2D eigenvalue weighted by atomic mass is 16.5. The third kappa shape index (κ3) is 5.47. The van der Waals surface area contributed by atoms with Crippen LogP contribution in [0.25, 0.3) is 0 Å². The highest BCUT2D eigenvalue weighted by Crippen LogP contribution is 2.08. The van der Waals surface area contributed by atoms with Gasteiger partial charge in [0.2, 0.25) is 0 Å². The summed E-state index contributed by atoms with van der Waals surface area (Å²) in [5, 5.41) is 3.35. The number of ether oxygens (including phenoxy) is 1. The average Bonchev–Trinajstić information content (AvgIpc) is 2.30. The fourth-order valence-electron chi connectivity index (χ4n) is 2.12. The number of rotatable bonds is 6. The van der Waals surface area contributed by atoms with E-state index in [1.807, 2.05) is 0 Å². The van der Waals surface area contributed by atoms with Gasteiger partial charge in [0.05, 0.1) is 13.5 Å². The molecular weight excluding hydrogens is 204 g/mol. The van der Waals surface area contributed by atoms with E-state index in [1.165, 1.54) is 39.5 Å². The fraction of sp³-hybridized carbons (Fsp3) is 0.917. The Morgan fingerprint density at radius 1 is 1.38 bits per heavy atom. The summed E-state index contributed by atoms with van der Waals surface area (Å²) in [6, 6.07) is 0.447. The summed E-state index contributed by atoms with van der Waals surface area (Å²) in [7, 11) is 1.43. The maximum absolute atomic E-state index is 10.9. The summed E-state index contributed by atoms with van der Waals surface area (Å²) in [4.78, 5) is 13.4. The number of esters is 1. The summed E-state index contributed by atoms with van der Waals surface area (Å²) >= 11 is 0. The Morgan fingerprint density at radius 2 is 2.06 bits per heavy atom. The van der Waals surface area contributed by atoms with Gasteiger partial charge < -0.3 is 15.0 Å². The maximum atomic E-state index is 10.9. The molecule has 16 heavy (non-hydrogen) atoms. The number of carbonyl (C=O) groups excluding carboxylic acids is 1. The molecule has 0 aliphatic carbocycles. The lowest BCUT2D eigenvalue weighted by Crippen LogP contribution is -2.42. The zero-order valence-corrected chi connectivity index (χ0v) is 10.5. The first kappa shape index (κ1) is 13.5. The molecule has 4 heteroatoms. The molecule has 0 aromatic rings. The predicted octanol–water partition coefficient (Wildman–Crippen LogP) is 1.01. The first-order valence-electron chi connectivity index (χ1n) is 6.25. The molecule has 1 aliphatic heterocycles. The highest BCUT2D eigenvalue weighted by Gasteiger charge is 2.13. The minimum Gasteiger partial charge on any atom is -0.469 e. The van der Waals surface area contributed by atoms with Crippen molar-refractivity contribution in [1.82, 2.24) is 10.2 Å². The summed E-state index contributed by atoms with van der Waals surface area (Å²) < 4.78 is 4.59. The van der Waals surface area contributed by atoms with Crippen LogP contribution in [0.3, 0.4) is 0 Å². The van der Waals surface area contributed by atoms with Crippen molar-refractivity contribution in [1.29, 1.82) is 0 Å². The van der Waals surface area contributed by atoms with E-state index in [0.717, 1.165) is 6.54 Å². The molecule has 0 aromatic carbocycles. The monoisotopic (exact) mass is 228 g/mol. The van der Waals surface area contributed by atoms with Crippen molar-refractivity contribution < 1.29 is 9.53 Å². The molecule has 1 N–H and O–H groups in total. The van der Waals surface area contributed by atoms with E-state index >= 15 is 0 Å². The molecule has 1 atom stereocenters. The van der Waals surface area contributed by atoms with Gasteiger partial charge >= 0.3 is 5.97 Å². The Morgan fingerprint density at radius 3 is 2.69 bits per heavy atom. The van der Waals surface area contributed by atoms with Crippen LogP contribution in [0.1, 0.15) is 32.6 Å². The molecule has 1 heterocycles. The third-order valence-electron chi connectivity index (χ3n) is 3.03. The van der Waals surface area contributed by atoms with E-state index in [4.69, 9.17) is 0 Å². The van der Waals surface area contributed by atoms with Gasteiger partial charge in [-0.25, -0.2) is 0 Å². The van der Waals surface area contributed by atoms with Crippen LogP contribution in [0.4, 0.5) is 0 Å². The first-order chi connectivity index (χ1) is 7.72. The fourth-order valence-corrected chi connectivity index (χ4v) is 2.12. The lowest BCUT2D eigenvalue weighted by atomic mass is 10.1. The summed E-state index contributed by atoms with van der Waals surface area (Å²) in [6.45, 7) is 6.42. The van der Waals surface area contributed by atoms with Gasteiger partial charge in [0.15, 0.2) is 0 Å². The molecule has 4 nitrogen and oxygen atoms in total. The molecule has 0 aromatic heterocycles.